The van der Waals surface area contributed by atoms with E-state index in [1.165, 1.54) is 89.5 Å². The summed E-state index contributed by atoms with van der Waals surface area (Å²) < 4.78 is 30.2. The minimum Gasteiger partial charge on any atom is -0.423 e. The van der Waals surface area contributed by atoms with E-state index in [1.54, 1.807) is 48.2 Å². The Hall–Kier alpha value is -1.54. The Morgan fingerprint density at radius 1 is 0.886 bits per heavy atom. The van der Waals surface area contributed by atoms with Crippen LogP contribution in [-0.2, 0) is 9.05 Å². The number of esters is 1. The first kappa shape index (κ1) is 36.9. The molecule has 1 aliphatic rings. The molecule has 1 atom stereocenters. The molecule has 1 fully saturated rings. The van der Waals surface area contributed by atoms with Crippen LogP contribution in [0.5, 0.6) is 5.75 Å². The average molecular weight is 664 g/mol. The fourth-order valence-corrected chi connectivity index (χ4v) is 8.16. The molecule has 0 spiro atoms. The van der Waals surface area contributed by atoms with Gasteiger partial charge >= 0.3 is 5.97 Å². The average Bonchev–Trinajstić information content (AvgIpc) is 3.46. The van der Waals surface area contributed by atoms with E-state index < -0.39 is 15.0 Å². The van der Waals surface area contributed by atoms with E-state index in [-0.39, 0.29) is 10.3 Å². The molecule has 0 aliphatic carbocycles. The van der Waals surface area contributed by atoms with Crippen molar-refractivity contribution in [1.82, 2.24) is 4.90 Å². The predicted octanol–water partition coefficient (Wildman–Crippen LogP) is 10.8. The molecule has 3 rings (SSSR count). The largest absolute Gasteiger partial charge is 0.423 e. The number of carbonyl (C=O) groups is 1. The first-order valence-electron chi connectivity index (χ1n) is 16.8. The van der Waals surface area contributed by atoms with Crippen LogP contribution in [0.1, 0.15) is 138 Å². The quantitative estimate of drug-likeness (QED) is 0.0573. The molecule has 246 valence electrons. The van der Waals surface area contributed by atoms with Crippen molar-refractivity contribution in [2.24, 2.45) is 5.41 Å². The van der Waals surface area contributed by atoms with Gasteiger partial charge in [0, 0.05) is 28.5 Å². The molecule has 0 amide bonds. The van der Waals surface area contributed by atoms with Gasteiger partial charge in [0.2, 0.25) is 0 Å². The Morgan fingerprint density at radius 3 is 2.09 bits per heavy atom. The molecule has 1 aliphatic heterocycles. The van der Waals surface area contributed by atoms with Crippen molar-refractivity contribution in [3.63, 3.8) is 0 Å². The van der Waals surface area contributed by atoms with Crippen molar-refractivity contribution in [3.05, 3.63) is 59.7 Å². The van der Waals surface area contributed by atoms with E-state index in [4.69, 9.17) is 15.4 Å². The van der Waals surface area contributed by atoms with Crippen LogP contribution in [-0.4, -0.2) is 38.1 Å². The molecule has 5 nitrogen and oxygen atoms in total. The van der Waals surface area contributed by atoms with Gasteiger partial charge in [-0.2, -0.15) is 0 Å². The third-order valence-electron chi connectivity index (χ3n) is 8.73. The highest BCUT2D eigenvalue weighted by Gasteiger charge is 2.31. The van der Waals surface area contributed by atoms with Gasteiger partial charge in [-0.05, 0) is 61.6 Å². The third kappa shape index (κ3) is 13.1. The lowest BCUT2D eigenvalue weighted by Crippen LogP contribution is -2.25. The van der Waals surface area contributed by atoms with Crippen molar-refractivity contribution in [3.8, 4) is 5.75 Å². The molecule has 1 unspecified atom stereocenters. The predicted molar refractivity (Wildman–Crippen MR) is 186 cm³/mol. The van der Waals surface area contributed by atoms with Crippen LogP contribution < -0.4 is 4.74 Å². The zero-order valence-corrected chi connectivity index (χ0v) is 29.6. The number of carbonyl (C=O) groups excluding carboxylic acids is 1. The Kier molecular flexibility index (Phi) is 16.1. The zero-order chi connectivity index (χ0) is 31.8. The lowest BCUT2D eigenvalue weighted by atomic mass is 9.82. The van der Waals surface area contributed by atoms with Crippen LogP contribution in [0.15, 0.2) is 53.4 Å². The van der Waals surface area contributed by atoms with Crippen LogP contribution in [0, 0.1) is 5.41 Å². The molecule has 0 bridgehead atoms. The molecule has 2 aromatic rings. The normalized spacial score (nSPS) is 16.0. The summed E-state index contributed by atoms with van der Waals surface area (Å²) in [4.78, 5) is 15.3. The van der Waals surface area contributed by atoms with Gasteiger partial charge in [0.25, 0.3) is 9.05 Å². The van der Waals surface area contributed by atoms with Crippen LogP contribution in [0.4, 0.5) is 0 Å². The van der Waals surface area contributed by atoms with Crippen molar-refractivity contribution in [2.45, 2.75) is 127 Å². The fourth-order valence-electron chi connectivity index (χ4n) is 6.03. The van der Waals surface area contributed by atoms with E-state index in [0.717, 1.165) is 31.7 Å². The molecule has 0 aromatic heterocycles. The monoisotopic (exact) mass is 663 g/mol. The molecule has 1 saturated heterocycles. The summed E-state index contributed by atoms with van der Waals surface area (Å²) in [5.74, 6) is 0.835. The summed E-state index contributed by atoms with van der Waals surface area (Å²) in [6.45, 7) is 8.91. The molecule has 1 heterocycles. The summed E-state index contributed by atoms with van der Waals surface area (Å²) in [6.07, 6.45) is 19.9. The molecule has 44 heavy (non-hydrogen) atoms. The summed E-state index contributed by atoms with van der Waals surface area (Å²) in [5.41, 5.74) is 1.47. The van der Waals surface area contributed by atoms with Crippen LogP contribution in [0.2, 0.25) is 0 Å². The highest BCUT2D eigenvalue weighted by Crippen LogP contribution is 2.43. The molecular weight excluding hydrogens is 610 g/mol. The summed E-state index contributed by atoms with van der Waals surface area (Å²) >= 11 is 1.74. The van der Waals surface area contributed by atoms with Gasteiger partial charge in [-0.3, -0.25) is 4.90 Å². The first-order valence-corrected chi connectivity index (χ1v) is 20.2. The van der Waals surface area contributed by atoms with Crippen LogP contribution in [0.25, 0.3) is 0 Å². The van der Waals surface area contributed by atoms with Crippen LogP contribution in [0.3, 0.4) is 0 Å². The highest BCUT2D eigenvalue weighted by molar-refractivity contribution is 8.13. The van der Waals surface area contributed by atoms with Gasteiger partial charge in [-0.1, -0.05) is 116 Å². The number of ether oxygens (including phenoxy) is 1. The number of rotatable bonds is 21. The van der Waals surface area contributed by atoms with Gasteiger partial charge < -0.3 is 4.74 Å². The van der Waals surface area contributed by atoms with E-state index in [1.807, 2.05) is 6.07 Å². The number of hydrogen-bond donors (Lipinski definition) is 0. The molecule has 2 aromatic carbocycles. The number of nitrogens with zero attached hydrogens (tertiary/aromatic N) is 1. The summed E-state index contributed by atoms with van der Waals surface area (Å²) in [7, 11) is 1.79. The lowest BCUT2D eigenvalue weighted by molar-refractivity contribution is 0.0731. The van der Waals surface area contributed by atoms with E-state index in [2.05, 4.69) is 25.7 Å². The molecule has 0 radical (unpaired) electrons. The number of thioether (sulfide) groups is 1. The van der Waals surface area contributed by atoms with Crippen molar-refractivity contribution >= 4 is 37.5 Å². The second-order valence-electron chi connectivity index (χ2n) is 13.1. The Bertz CT molecular complexity index is 1240. The maximum Gasteiger partial charge on any atom is 0.343 e. The lowest BCUT2D eigenvalue weighted by Gasteiger charge is -2.27. The minimum absolute atomic E-state index is 0.0188. The second kappa shape index (κ2) is 19.2. The van der Waals surface area contributed by atoms with E-state index in [9.17, 15) is 13.2 Å². The summed E-state index contributed by atoms with van der Waals surface area (Å²) in [5, 5.41) is -0.101. The Morgan fingerprint density at radius 2 is 1.48 bits per heavy atom. The first-order chi connectivity index (χ1) is 21.1. The molecule has 8 heteroatoms. The third-order valence-corrected chi connectivity index (χ3v) is 11.4. The number of halogens is 1. The maximum atomic E-state index is 12.9. The van der Waals surface area contributed by atoms with Gasteiger partial charge in [-0.25, -0.2) is 13.2 Å². The smallest absolute Gasteiger partial charge is 0.343 e. The fraction of sp³-hybridized carbons (Fsp3) is 0.639. The highest BCUT2D eigenvalue weighted by atomic mass is 35.7. The van der Waals surface area contributed by atoms with E-state index >= 15 is 0 Å². The minimum atomic E-state index is -3.92. The Balaban J connectivity index is 1.46. The molecular formula is C36H54ClNO4S2. The van der Waals surface area contributed by atoms with Gasteiger partial charge in [-0.15, -0.1) is 11.8 Å². The van der Waals surface area contributed by atoms with Crippen LogP contribution >= 0.6 is 22.4 Å². The summed E-state index contributed by atoms with van der Waals surface area (Å²) in [6, 6.07) is 13.4. The molecule has 0 saturated carbocycles. The van der Waals surface area contributed by atoms with Gasteiger partial charge in [0.15, 0.2) is 0 Å². The topological polar surface area (TPSA) is 63.7 Å². The van der Waals surface area contributed by atoms with Crippen molar-refractivity contribution in [1.29, 1.82) is 0 Å². The number of hydrogen-bond acceptors (Lipinski definition) is 6. The van der Waals surface area contributed by atoms with Gasteiger partial charge in [0.1, 0.15) is 5.75 Å². The number of benzene rings is 2. The maximum absolute atomic E-state index is 12.9. The zero-order valence-electron chi connectivity index (χ0n) is 27.2. The molecule has 0 N–H and O–H groups in total. The Labute approximate surface area is 276 Å². The number of unbranched alkanes of at least 4 members (excludes halogenated alkanes) is 11. The van der Waals surface area contributed by atoms with Crippen molar-refractivity contribution in [2.75, 3.05) is 18.8 Å². The van der Waals surface area contributed by atoms with E-state index in [0.29, 0.717) is 22.3 Å². The standard InChI is InChI=1S/C36H54ClNO4S2/c1-4-5-6-7-8-9-10-11-12-13-17-24-36(2,3)25-18-19-26-38-27-28-43-34(38)32-29-31(44(37,40)41)22-23-33(32)42-35(39)30-20-15-14-16-21-30/h14-16,20-23,29,34H,4-13,17-19,24-28H2,1-3H3. The van der Waals surface area contributed by atoms with Gasteiger partial charge in [0.05, 0.1) is 15.8 Å². The second-order valence-corrected chi connectivity index (χ2v) is 16.8. The van der Waals surface area contributed by atoms with Crippen molar-refractivity contribution < 1.29 is 17.9 Å². The SMILES string of the molecule is CCCCCCCCCCCCCC(C)(C)CCCCN1CCSC1c1cc(S(=O)(=O)Cl)ccc1OC(=O)c1ccccc1.